The first kappa shape index (κ1) is 59.4. The van der Waals surface area contributed by atoms with Crippen molar-refractivity contribution < 1.29 is 55.3 Å². The van der Waals surface area contributed by atoms with Gasteiger partial charge in [-0.3, -0.25) is 38.6 Å². The number of anilines is 2. The molecule has 0 aromatic heterocycles. The van der Waals surface area contributed by atoms with E-state index in [1.165, 1.54) is 14.7 Å². The number of hydroxylamine groups is 3. The van der Waals surface area contributed by atoms with Crippen molar-refractivity contribution in [1.29, 1.82) is 0 Å². The van der Waals surface area contributed by atoms with Crippen LogP contribution in [-0.4, -0.2) is 76.6 Å². The summed E-state index contributed by atoms with van der Waals surface area (Å²) in [5.41, 5.74) is 10.6. The van der Waals surface area contributed by atoms with Crippen LogP contribution in [0.2, 0.25) is 0 Å². The lowest BCUT2D eigenvalue weighted by Crippen LogP contribution is -2.32. The van der Waals surface area contributed by atoms with Crippen molar-refractivity contribution in [3.05, 3.63) is 149 Å². The molecule has 5 aromatic carbocycles. The Hall–Kier alpha value is -6.46. The molecule has 404 valence electrons. The molecule has 0 radical (unpaired) electrons. The zero-order valence-corrected chi connectivity index (χ0v) is 44.3. The van der Waals surface area contributed by atoms with Crippen molar-refractivity contribution in [3.8, 4) is 22.3 Å². The molecule has 75 heavy (non-hydrogen) atoms. The molecule has 0 saturated carbocycles. The summed E-state index contributed by atoms with van der Waals surface area (Å²) in [6.45, 7) is 0.175. The monoisotopic (exact) mass is 1090 g/mol. The van der Waals surface area contributed by atoms with Gasteiger partial charge in [-0.2, -0.15) is 0 Å². The van der Waals surface area contributed by atoms with E-state index in [1.807, 2.05) is 72.8 Å². The molecule has 0 spiro atoms. The van der Waals surface area contributed by atoms with Gasteiger partial charge in [-0.25, -0.2) is 46.4 Å². The molecule has 7 N–H and O–H groups in total. The van der Waals surface area contributed by atoms with Crippen LogP contribution in [0.25, 0.3) is 28.3 Å². The van der Waals surface area contributed by atoms with Gasteiger partial charge in [0.25, 0.3) is 0 Å². The van der Waals surface area contributed by atoms with Crippen LogP contribution in [0.4, 0.5) is 11.4 Å². The minimum Gasteiger partial charge on any atom is -0.289 e. The SMILES string of the molecule is O=C(CCCCCCCS(=O)(=O)N(Cc1cccc(-c2cccc(N(Cc3cccc(-c4cccc(/C=C/S(=O)(=O)NCCCCCC(=O)NO)c4)c3)S(=O)(=O)CCCCCC(=O)NO)c2)c1)c1ccccc1)NO. The predicted molar refractivity (Wildman–Crippen MR) is 291 cm³/mol. The van der Waals surface area contributed by atoms with Gasteiger partial charge in [-0.15, -0.1) is 0 Å². The van der Waals surface area contributed by atoms with Crippen LogP contribution in [-0.2, 0) is 57.5 Å². The summed E-state index contributed by atoms with van der Waals surface area (Å²) in [4.78, 5) is 34.1. The van der Waals surface area contributed by atoms with Crippen molar-refractivity contribution in [1.82, 2.24) is 21.2 Å². The van der Waals surface area contributed by atoms with E-state index in [1.54, 1.807) is 71.0 Å². The third kappa shape index (κ3) is 20.3. The number of benzene rings is 5. The minimum atomic E-state index is -4.00. The summed E-state index contributed by atoms with van der Waals surface area (Å²) in [7, 11) is -11.6. The van der Waals surface area contributed by atoms with Gasteiger partial charge < -0.3 is 0 Å². The third-order valence-corrected chi connectivity index (χ3v) is 17.0. The Morgan fingerprint density at radius 1 is 0.440 bits per heavy atom. The fourth-order valence-electron chi connectivity index (χ4n) is 8.24. The largest absolute Gasteiger partial charge is 0.289 e. The van der Waals surface area contributed by atoms with Gasteiger partial charge in [-0.05, 0) is 126 Å². The first-order valence-electron chi connectivity index (χ1n) is 24.9. The summed E-state index contributed by atoms with van der Waals surface area (Å²) in [5.74, 6) is -1.82. The van der Waals surface area contributed by atoms with E-state index >= 15 is 0 Å². The molecule has 5 rings (SSSR count). The highest BCUT2D eigenvalue weighted by molar-refractivity contribution is 7.93. The van der Waals surface area contributed by atoms with E-state index < -0.39 is 47.8 Å². The quantitative estimate of drug-likeness (QED) is 0.0118. The van der Waals surface area contributed by atoms with E-state index in [0.29, 0.717) is 85.0 Å². The zero-order chi connectivity index (χ0) is 54.1. The second-order valence-corrected chi connectivity index (χ2v) is 23.7. The van der Waals surface area contributed by atoms with Crippen molar-refractivity contribution in [3.63, 3.8) is 0 Å². The molecule has 0 aliphatic rings. The van der Waals surface area contributed by atoms with Crippen LogP contribution >= 0.6 is 0 Å². The Balaban J connectivity index is 1.36. The second-order valence-electron chi connectivity index (χ2n) is 18.0. The topological polar surface area (TPSA) is 269 Å². The Kier molecular flexibility index (Phi) is 23.9. The van der Waals surface area contributed by atoms with Crippen LogP contribution in [0.15, 0.2) is 133 Å². The number of carbonyl (C=O) groups is 3. The van der Waals surface area contributed by atoms with Crippen molar-refractivity contribution in [2.24, 2.45) is 0 Å². The van der Waals surface area contributed by atoms with E-state index in [4.69, 9.17) is 15.6 Å². The standard InChI is InChI=1S/C54H68N6O12S3/c61-52(56-64)29-9-2-1-3-13-34-74(69,70)59(50-26-7-4-8-27-50)41-44-20-17-24-48(39-44)49-25-18-28-51(40-49)60(75(71,72)35-14-6-11-31-54(63)58-66)42-45-21-16-23-47(38-45)46-22-15-19-43(37-46)32-36-73(67,68)55-33-12-5-10-30-53(62)57-65/h4,7-8,15-28,32,36-40,55,64-66H,1-3,5-6,9-14,29-31,33-35,41-42H2,(H,56,61)(H,57,62)(H,58,63)/b36-32+. The molecule has 0 aliphatic heterocycles. The Morgan fingerprint density at radius 2 is 0.853 bits per heavy atom. The average molecular weight is 1090 g/mol. The molecule has 5 aromatic rings. The van der Waals surface area contributed by atoms with Crippen LogP contribution in [0.5, 0.6) is 0 Å². The lowest BCUT2D eigenvalue weighted by molar-refractivity contribution is -0.130. The minimum absolute atomic E-state index is 0.0416. The second kappa shape index (κ2) is 30.2. The van der Waals surface area contributed by atoms with E-state index in [0.717, 1.165) is 34.9 Å². The van der Waals surface area contributed by atoms with E-state index in [9.17, 15) is 39.6 Å². The highest BCUT2D eigenvalue weighted by Crippen LogP contribution is 2.31. The van der Waals surface area contributed by atoms with E-state index in [-0.39, 0.29) is 56.8 Å². The number of hydrogen-bond acceptors (Lipinski definition) is 12. The van der Waals surface area contributed by atoms with Crippen LogP contribution in [0, 0.1) is 0 Å². The number of nitrogens with one attached hydrogen (secondary N) is 4. The van der Waals surface area contributed by atoms with Crippen molar-refractivity contribution in [2.45, 2.75) is 103 Å². The molecule has 0 atom stereocenters. The van der Waals surface area contributed by atoms with Gasteiger partial charge in [0.05, 0.1) is 36.0 Å². The lowest BCUT2D eigenvalue weighted by Gasteiger charge is -2.26. The number of hydrogen-bond donors (Lipinski definition) is 7. The molecule has 0 bridgehead atoms. The number of amides is 3. The summed E-state index contributed by atoms with van der Waals surface area (Å²) in [6, 6.07) is 38.1. The molecule has 0 aliphatic carbocycles. The lowest BCUT2D eigenvalue weighted by atomic mass is 10.0. The van der Waals surface area contributed by atoms with Gasteiger partial charge in [0, 0.05) is 31.2 Å². The van der Waals surface area contributed by atoms with Crippen LogP contribution < -0.4 is 29.8 Å². The summed E-state index contributed by atoms with van der Waals surface area (Å²) in [6.07, 6.45) is 7.63. The highest BCUT2D eigenvalue weighted by atomic mass is 32.2. The van der Waals surface area contributed by atoms with E-state index in [2.05, 4.69) is 4.72 Å². The number of nitrogens with zero attached hydrogens (tertiary/aromatic N) is 2. The first-order valence-corrected chi connectivity index (χ1v) is 29.7. The van der Waals surface area contributed by atoms with Crippen LogP contribution in [0.1, 0.15) is 107 Å². The Labute approximate surface area is 440 Å². The van der Waals surface area contributed by atoms with Crippen molar-refractivity contribution >= 4 is 65.2 Å². The summed E-state index contributed by atoms with van der Waals surface area (Å²) >= 11 is 0. The normalized spacial score (nSPS) is 11.8. The maximum absolute atomic E-state index is 14.5. The smallest absolute Gasteiger partial charge is 0.243 e. The number of sulfonamides is 3. The number of para-hydroxylation sites is 1. The van der Waals surface area contributed by atoms with Gasteiger partial charge in [0.2, 0.25) is 47.8 Å². The van der Waals surface area contributed by atoms with Gasteiger partial charge in [-0.1, -0.05) is 117 Å². The zero-order valence-electron chi connectivity index (χ0n) is 41.8. The molecule has 3 amide bonds. The van der Waals surface area contributed by atoms with Gasteiger partial charge >= 0.3 is 0 Å². The predicted octanol–water partition coefficient (Wildman–Crippen LogP) is 8.56. The molecule has 0 heterocycles. The molecule has 0 fully saturated rings. The molecule has 21 heteroatoms. The number of unbranched alkanes of at least 4 members (excludes halogenated alkanes) is 8. The number of carbonyl (C=O) groups excluding carboxylic acids is 3. The Morgan fingerprint density at radius 3 is 1.39 bits per heavy atom. The molecular formula is C54H68N6O12S3. The maximum Gasteiger partial charge on any atom is 0.243 e. The van der Waals surface area contributed by atoms with Gasteiger partial charge in [0.15, 0.2) is 0 Å². The fraction of sp³-hybridized carbons (Fsp3) is 0.352. The van der Waals surface area contributed by atoms with Crippen LogP contribution in [0.3, 0.4) is 0 Å². The first-order chi connectivity index (χ1) is 36.0. The average Bonchev–Trinajstić information content (AvgIpc) is 3.41. The van der Waals surface area contributed by atoms with Crippen molar-refractivity contribution in [2.75, 3.05) is 26.7 Å². The molecule has 0 saturated heterocycles. The highest BCUT2D eigenvalue weighted by Gasteiger charge is 2.25. The third-order valence-electron chi connectivity index (χ3n) is 12.2. The Bertz CT molecular complexity index is 3010. The number of rotatable bonds is 33. The molecule has 0 unspecified atom stereocenters. The fourth-order valence-corrected chi connectivity index (χ4v) is 12.2. The summed E-state index contributed by atoms with van der Waals surface area (Å²) in [5, 5.41) is 27.3. The maximum atomic E-state index is 14.5. The molecule has 18 nitrogen and oxygen atoms in total. The van der Waals surface area contributed by atoms with Gasteiger partial charge in [0.1, 0.15) is 0 Å². The molecular weight excluding hydrogens is 1020 g/mol. The summed E-state index contributed by atoms with van der Waals surface area (Å²) < 4.78 is 87.6.